The quantitative estimate of drug-likeness (QED) is 0.671. The van der Waals surface area contributed by atoms with E-state index in [1.807, 2.05) is 42.6 Å². The largest absolute Gasteiger partial charge is 0.361 e. The Morgan fingerprint density at radius 3 is 2.80 bits per heavy atom. The number of carbonyl (C=O) groups is 2. The highest BCUT2D eigenvalue weighted by Gasteiger charge is 2.29. The summed E-state index contributed by atoms with van der Waals surface area (Å²) in [6.45, 7) is 0.572. The molecule has 2 amide bonds. The molecule has 1 aromatic heterocycles. The summed E-state index contributed by atoms with van der Waals surface area (Å²) in [7, 11) is 0. The fourth-order valence-corrected chi connectivity index (χ4v) is 3.41. The summed E-state index contributed by atoms with van der Waals surface area (Å²) in [5.41, 5.74) is 3.86. The van der Waals surface area contributed by atoms with E-state index in [0.29, 0.717) is 12.1 Å². The number of nitrogens with one attached hydrogen (secondary N) is 3. The highest BCUT2D eigenvalue weighted by molar-refractivity contribution is 5.99. The van der Waals surface area contributed by atoms with E-state index in [2.05, 4.69) is 21.7 Å². The van der Waals surface area contributed by atoms with E-state index < -0.39 is 0 Å². The van der Waals surface area contributed by atoms with Crippen LogP contribution >= 0.6 is 0 Å². The van der Waals surface area contributed by atoms with Crippen LogP contribution in [0.15, 0.2) is 54.7 Å². The van der Waals surface area contributed by atoms with Gasteiger partial charge in [0.05, 0.1) is 12.5 Å². The van der Waals surface area contributed by atoms with Crippen molar-refractivity contribution in [3.63, 3.8) is 0 Å². The molecule has 5 nitrogen and oxygen atoms in total. The Morgan fingerprint density at radius 2 is 1.88 bits per heavy atom. The molecule has 0 aliphatic carbocycles. The van der Waals surface area contributed by atoms with Gasteiger partial charge in [-0.3, -0.25) is 9.59 Å². The van der Waals surface area contributed by atoms with Gasteiger partial charge in [-0.1, -0.05) is 36.4 Å². The topological polar surface area (TPSA) is 74.0 Å². The Labute approximate surface area is 145 Å². The zero-order valence-corrected chi connectivity index (χ0v) is 13.7. The Balaban J connectivity index is 1.34. The average molecular weight is 333 g/mol. The molecule has 4 rings (SSSR count). The van der Waals surface area contributed by atoms with Crippen LogP contribution in [0.25, 0.3) is 10.9 Å². The first-order chi connectivity index (χ1) is 12.2. The van der Waals surface area contributed by atoms with Crippen molar-refractivity contribution in [2.75, 3.05) is 6.54 Å². The lowest BCUT2D eigenvalue weighted by Gasteiger charge is -2.11. The fourth-order valence-electron chi connectivity index (χ4n) is 3.41. The molecule has 126 valence electrons. The minimum atomic E-state index is -0.239. The van der Waals surface area contributed by atoms with Crippen molar-refractivity contribution in [2.24, 2.45) is 0 Å². The van der Waals surface area contributed by atoms with E-state index in [9.17, 15) is 9.59 Å². The lowest BCUT2D eigenvalue weighted by molar-refractivity contribution is -0.121. The van der Waals surface area contributed by atoms with Crippen LogP contribution in [0.3, 0.4) is 0 Å². The second kappa shape index (κ2) is 6.43. The van der Waals surface area contributed by atoms with Crippen LogP contribution in [-0.2, 0) is 11.2 Å². The van der Waals surface area contributed by atoms with Crippen molar-refractivity contribution < 1.29 is 9.59 Å². The Hall–Kier alpha value is -3.08. The third-order valence-corrected chi connectivity index (χ3v) is 4.67. The van der Waals surface area contributed by atoms with Crippen molar-refractivity contribution in [3.05, 3.63) is 71.4 Å². The number of para-hydroxylation sites is 1. The van der Waals surface area contributed by atoms with Gasteiger partial charge in [-0.25, -0.2) is 0 Å². The summed E-state index contributed by atoms with van der Waals surface area (Å²) in [5.74, 6) is -0.158. The Kier molecular flexibility index (Phi) is 3.98. The highest BCUT2D eigenvalue weighted by Crippen LogP contribution is 2.27. The molecule has 5 heteroatoms. The van der Waals surface area contributed by atoms with E-state index >= 15 is 0 Å². The number of H-pyrrole nitrogens is 1. The van der Waals surface area contributed by atoms with Gasteiger partial charge in [-0.15, -0.1) is 0 Å². The zero-order valence-electron chi connectivity index (χ0n) is 13.7. The lowest BCUT2D eigenvalue weighted by Crippen LogP contribution is -2.30. The van der Waals surface area contributed by atoms with Gasteiger partial charge in [0.25, 0.3) is 5.91 Å². The van der Waals surface area contributed by atoms with Gasteiger partial charge in [0.1, 0.15) is 0 Å². The van der Waals surface area contributed by atoms with E-state index in [1.165, 1.54) is 10.9 Å². The minimum absolute atomic E-state index is 0.0538. The molecule has 0 spiro atoms. The van der Waals surface area contributed by atoms with Crippen LogP contribution in [0, 0.1) is 0 Å². The number of aromatic amines is 1. The molecule has 1 aliphatic rings. The average Bonchev–Trinajstić information content (AvgIpc) is 3.17. The van der Waals surface area contributed by atoms with Crippen LogP contribution in [0.2, 0.25) is 0 Å². The van der Waals surface area contributed by atoms with Gasteiger partial charge in [0.15, 0.2) is 0 Å². The van der Waals surface area contributed by atoms with Crippen LogP contribution in [0.5, 0.6) is 0 Å². The monoisotopic (exact) mass is 333 g/mol. The molecule has 0 unspecified atom stereocenters. The summed E-state index contributed by atoms with van der Waals surface area (Å²) in [6, 6.07) is 15.3. The van der Waals surface area contributed by atoms with E-state index in [0.717, 1.165) is 17.5 Å². The predicted octanol–water partition coefficient (Wildman–Crippen LogP) is 2.70. The molecule has 0 saturated carbocycles. The predicted molar refractivity (Wildman–Crippen MR) is 96.3 cm³/mol. The Bertz CT molecular complexity index is 945. The van der Waals surface area contributed by atoms with Gasteiger partial charge < -0.3 is 15.6 Å². The SMILES string of the molecule is O=C(C[C@@H]1NC(=O)c2ccccc21)NCCc1c[nH]c2ccccc12. The molecule has 3 N–H and O–H groups in total. The maximum absolute atomic E-state index is 12.2. The second-order valence-electron chi connectivity index (χ2n) is 6.28. The molecule has 0 bridgehead atoms. The standard InChI is InChI=1S/C20H19N3O2/c24-19(11-18-15-6-1-2-7-16(15)20(25)23-18)21-10-9-13-12-22-17-8-4-3-5-14(13)17/h1-8,12,18,22H,9-11H2,(H,21,24)(H,23,25)/t18-/m0/s1. The van der Waals surface area contributed by atoms with Crippen molar-refractivity contribution in [1.82, 2.24) is 15.6 Å². The molecule has 0 fully saturated rings. The van der Waals surface area contributed by atoms with Crippen LogP contribution < -0.4 is 10.6 Å². The number of carbonyl (C=O) groups excluding carboxylic acids is 2. The number of aromatic nitrogens is 1. The molecular weight excluding hydrogens is 314 g/mol. The normalized spacial score (nSPS) is 15.8. The maximum Gasteiger partial charge on any atom is 0.252 e. The first-order valence-electron chi connectivity index (χ1n) is 8.44. The van der Waals surface area contributed by atoms with Crippen LogP contribution in [0.4, 0.5) is 0 Å². The number of amides is 2. The molecule has 0 radical (unpaired) electrons. The molecule has 0 saturated heterocycles. The van der Waals surface area contributed by atoms with Crippen LogP contribution in [0.1, 0.15) is 33.9 Å². The third kappa shape index (κ3) is 3.01. The first kappa shape index (κ1) is 15.4. The van der Waals surface area contributed by atoms with Gasteiger partial charge in [0, 0.05) is 29.2 Å². The summed E-state index contributed by atoms with van der Waals surface area (Å²) in [6.07, 6.45) is 3.02. The van der Waals surface area contributed by atoms with Crippen molar-refractivity contribution >= 4 is 22.7 Å². The number of hydrogen-bond acceptors (Lipinski definition) is 2. The van der Waals surface area contributed by atoms with E-state index in [4.69, 9.17) is 0 Å². The third-order valence-electron chi connectivity index (χ3n) is 4.67. The molecular formula is C20H19N3O2. The van der Waals surface area contributed by atoms with Crippen molar-refractivity contribution in [1.29, 1.82) is 0 Å². The first-order valence-corrected chi connectivity index (χ1v) is 8.44. The fraction of sp³-hybridized carbons (Fsp3) is 0.200. The summed E-state index contributed by atoms with van der Waals surface area (Å²) in [5, 5.41) is 7.02. The van der Waals surface area contributed by atoms with Crippen molar-refractivity contribution in [2.45, 2.75) is 18.9 Å². The van der Waals surface area contributed by atoms with Gasteiger partial charge in [-0.05, 0) is 29.7 Å². The summed E-state index contributed by atoms with van der Waals surface area (Å²) in [4.78, 5) is 27.4. The van der Waals surface area contributed by atoms with E-state index in [-0.39, 0.29) is 24.3 Å². The van der Waals surface area contributed by atoms with Crippen LogP contribution in [-0.4, -0.2) is 23.3 Å². The Morgan fingerprint density at radius 1 is 1.08 bits per heavy atom. The highest BCUT2D eigenvalue weighted by atomic mass is 16.2. The van der Waals surface area contributed by atoms with E-state index in [1.54, 1.807) is 6.07 Å². The summed E-state index contributed by atoms with van der Waals surface area (Å²) >= 11 is 0. The molecule has 2 heterocycles. The summed E-state index contributed by atoms with van der Waals surface area (Å²) < 4.78 is 0. The molecule has 25 heavy (non-hydrogen) atoms. The smallest absolute Gasteiger partial charge is 0.252 e. The molecule has 3 aromatic rings. The molecule has 1 atom stereocenters. The second-order valence-corrected chi connectivity index (χ2v) is 6.28. The number of benzene rings is 2. The maximum atomic E-state index is 12.2. The van der Waals surface area contributed by atoms with Gasteiger partial charge >= 0.3 is 0 Å². The van der Waals surface area contributed by atoms with Gasteiger partial charge in [-0.2, -0.15) is 0 Å². The van der Waals surface area contributed by atoms with Gasteiger partial charge in [0.2, 0.25) is 5.91 Å². The number of rotatable bonds is 5. The minimum Gasteiger partial charge on any atom is -0.361 e. The number of fused-ring (bicyclic) bond motifs is 2. The zero-order chi connectivity index (χ0) is 17.2. The molecule has 1 aliphatic heterocycles. The van der Waals surface area contributed by atoms with Crippen molar-refractivity contribution in [3.8, 4) is 0 Å². The lowest BCUT2D eigenvalue weighted by atomic mass is 10.0. The number of hydrogen-bond donors (Lipinski definition) is 3. The molecule has 2 aromatic carbocycles.